The number of fused-ring (bicyclic) bond motifs is 1. The fourth-order valence-corrected chi connectivity index (χ4v) is 2.80. The van der Waals surface area contributed by atoms with Gasteiger partial charge in [0.1, 0.15) is 0 Å². The van der Waals surface area contributed by atoms with E-state index in [-0.39, 0.29) is 10.0 Å². The predicted molar refractivity (Wildman–Crippen MR) is 67.3 cm³/mol. The molecule has 8 nitrogen and oxygen atoms in total. The predicted octanol–water partition coefficient (Wildman–Crippen LogP) is -0.0332. The molecular weight excluding hydrogens is 294 g/mol. The van der Waals surface area contributed by atoms with Gasteiger partial charge in [0.15, 0.2) is 5.13 Å². The monoisotopic (exact) mass is 301 g/mol. The van der Waals surface area contributed by atoms with Crippen molar-refractivity contribution in [2.75, 3.05) is 5.32 Å². The van der Waals surface area contributed by atoms with E-state index >= 15 is 0 Å². The van der Waals surface area contributed by atoms with E-state index in [2.05, 4.69) is 10.3 Å². The Morgan fingerprint density at radius 2 is 2.05 bits per heavy atom. The fraction of sp³-hybridized carbons (Fsp3) is 0. The van der Waals surface area contributed by atoms with E-state index < -0.39 is 21.9 Å². The van der Waals surface area contributed by atoms with Gasteiger partial charge in [0.05, 0.1) is 15.1 Å². The summed E-state index contributed by atoms with van der Waals surface area (Å²) in [4.78, 5) is 25.2. The zero-order chi connectivity index (χ0) is 14.2. The fourth-order valence-electron chi connectivity index (χ4n) is 1.29. The van der Waals surface area contributed by atoms with E-state index in [9.17, 15) is 18.0 Å². The molecule has 2 aromatic rings. The van der Waals surface area contributed by atoms with Crippen LogP contribution < -0.4 is 10.5 Å². The average molecular weight is 301 g/mol. The Morgan fingerprint density at radius 3 is 2.63 bits per heavy atom. The molecule has 0 atom stereocenters. The van der Waals surface area contributed by atoms with Gasteiger partial charge in [-0.3, -0.25) is 10.1 Å². The van der Waals surface area contributed by atoms with Crippen molar-refractivity contribution in [2.45, 2.75) is 4.90 Å². The Morgan fingerprint density at radius 1 is 1.37 bits per heavy atom. The number of hydrogen-bond donors (Lipinski definition) is 3. The molecule has 4 N–H and O–H groups in total. The van der Waals surface area contributed by atoms with E-state index in [0.29, 0.717) is 10.2 Å². The zero-order valence-electron chi connectivity index (χ0n) is 9.15. The maximum absolute atomic E-state index is 11.2. The third-order valence-electron chi connectivity index (χ3n) is 2.10. The highest BCUT2D eigenvalue weighted by molar-refractivity contribution is 7.89. The van der Waals surface area contributed by atoms with Gasteiger partial charge in [-0.15, -0.1) is 0 Å². The minimum Gasteiger partial charge on any atom is -0.474 e. The molecule has 2 rings (SSSR count). The normalized spacial score (nSPS) is 11.4. The van der Waals surface area contributed by atoms with E-state index in [1.54, 1.807) is 0 Å². The van der Waals surface area contributed by atoms with Crippen LogP contribution in [0.25, 0.3) is 10.2 Å². The molecule has 0 aliphatic rings. The maximum atomic E-state index is 11.2. The van der Waals surface area contributed by atoms with E-state index in [4.69, 9.17) is 10.2 Å². The molecule has 1 amide bonds. The van der Waals surface area contributed by atoms with Gasteiger partial charge in [0, 0.05) is 0 Å². The third kappa shape index (κ3) is 2.86. The lowest BCUT2D eigenvalue weighted by Crippen LogP contribution is -2.21. The first-order valence-electron chi connectivity index (χ1n) is 4.75. The minimum absolute atomic E-state index is 0.0639. The van der Waals surface area contributed by atoms with Gasteiger partial charge in [-0.25, -0.2) is 23.3 Å². The first-order valence-corrected chi connectivity index (χ1v) is 7.11. The van der Waals surface area contributed by atoms with E-state index in [0.717, 1.165) is 11.3 Å². The molecule has 1 aromatic heterocycles. The van der Waals surface area contributed by atoms with Gasteiger partial charge in [-0.1, -0.05) is 11.3 Å². The van der Waals surface area contributed by atoms with Gasteiger partial charge in [0.25, 0.3) is 0 Å². The van der Waals surface area contributed by atoms with Crippen LogP contribution in [-0.4, -0.2) is 30.4 Å². The summed E-state index contributed by atoms with van der Waals surface area (Å²) in [7, 11) is -3.82. The first kappa shape index (κ1) is 13.4. The highest BCUT2D eigenvalue weighted by atomic mass is 32.2. The number of thiazole rings is 1. The topological polar surface area (TPSA) is 139 Å². The average Bonchev–Trinajstić information content (AvgIpc) is 2.68. The van der Waals surface area contributed by atoms with Crippen LogP contribution in [0.4, 0.5) is 5.13 Å². The van der Waals surface area contributed by atoms with Crippen LogP contribution in [0.3, 0.4) is 0 Å². The lowest BCUT2D eigenvalue weighted by molar-refractivity contribution is -0.147. The Kier molecular flexibility index (Phi) is 3.22. The number of carboxylic acid groups (broad SMARTS) is 1. The molecule has 1 heterocycles. The van der Waals surface area contributed by atoms with Crippen LogP contribution in [0, 0.1) is 0 Å². The summed E-state index contributed by atoms with van der Waals surface area (Å²) in [6.45, 7) is 0. The summed E-state index contributed by atoms with van der Waals surface area (Å²) in [6, 6.07) is 4.00. The number of anilines is 1. The molecule has 0 radical (unpaired) electrons. The third-order valence-corrected chi connectivity index (χ3v) is 3.95. The number of hydrogen-bond acceptors (Lipinski definition) is 6. The number of benzene rings is 1. The number of nitrogens with two attached hydrogens (primary N) is 1. The van der Waals surface area contributed by atoms with Crippen molar-refractivity contribution in [3.63, 3.8) is 0 Å². The van der Waals surface area contributed by atoms with Gasteiger partial charge in [-0.2, -0.15) is 0 Å². The van der Waals surface area contributed by atoms with Crippen LogP contribution in [0.2, 0.25) is 0 Å². The highest BCUT2D eigenvalue weighted by Gasteiger charge is 2.15. The number of nitrogens with one attached hydrogen (secondary N) is 1. The summed E-state index contributed by atoms with van der Waals surface area (Å²) in [5, 5.41) is 15.6. The second-order valence-electron chi connectivity index (χ2n) is 3.45. The van der Waals surface area contributed by atoms with Crippen molar-refractivity contribution in [3.05, 3.63) is 18.2 Å². The van der Waals surface area contributed by atoms with Crippen molar-refractivity contribution < 1.29 is 23.1 Å². The molecule has 0 fully saturated rings. The molecule has 100 valence electrons. The molecule has 10 heteroatoms. The van der Waals surface area contributed by atoms with Crippen molar-refractivity contribution in [2.24, 2.45) is 5.14 Å². The smallest absolute Gasteiger partial charge is 0.394 e. The van der Waals surface area contributed by atoms with Crippen molar-refractivity contribution in [1.82, 2.24) is 4.98 Å². The largest absolute Gasteiger partial charge is 0.474 e. The molecule has 0 aliphatic carbocycles. The maximum Gasteiger partial charge on any atom is 0.394 e. The molecule has 0 unspecified atom stereocenters. The molecule has 0 bridgehead atoms. The molecule has 1 aromatic carbocycles. The van der Waals surface area contributed by atoms with Crippen LogP contribution in [-0.2, 0) is 19.6 Å². The van der Waals surface area contributed by atoms with Crippen LogP contribution in [0.5, 0.6) is 0 Å². The molecule has 0 saturated carbocycles. The zero-order valence-corrected chi connectivity index (χ0v) is 10.8. The highest BCUT2D eigenvalue weighted by Crippen LogP contribution is 2.27. The number of carbonyl (C=O) groups excluding carboxylic acids is 1. The van der Waals surface area contributed by atoms with Gasteiger partial charge < -0.3 is 5.11 Å². The second-order valence-corrected chi connectivity index (χ2v) is 6.04. The molecule has 19 heavy (non-hydrogen) atoms. The number of aromatic nitrogens is 1. The lowest BCUT2D eigenvalue weighted by atomic mass is 10.3. The number of nitrogens with zero attached hydrogens (tertiary/aromatic N) is 1. The number of sulfonamides is 1. The van der Waals surface area contributed by atoms with Crippen molar-refractivity contribution >= 4 is 48.6 Å². The molecule has 0 spiro atoms. The number of rotatable bonds is 2. The van der Waals surface area contributed by atoms with Gasteiger partial charge >= 0.3 is 11.9 Å². The summed E-state index contributed by atoms with van der Waals surface area (Å²) in [5.74, 6) is -2.85. The van der Waals surface area contributed by atoms with Gasteiger partial charge in [-0.05, 0) is 18.2 Å². The number of amides is 1. The van der Waals surface area contributed by atoms with E-state index in [1.165, 1.54) is 18.2 Å². The van der Waals surface area contributed by atoms with Gasteiger partial charge in [0.2, 0.25) is 10.0 Å². The summed E-state index contributed by atoms with van der Waals surface area (Å²) in [6.07, 6.45) is 0. The Bertz CT molecular complexity index is 780. The van der Waals surface area contributed by atoms with Crippen LogP contribution in [0.1, 0.15) is 0 Å². The summed E-state index contributed by atoms with van der Waals surface area (Å²) < 4.78 is 22.8. The Hall–Kier alpha value is -2.04. The minimum atomic E-state index is -3.82. The summed E-state index contributed by atoms with van der Waals surface area (Å²) >= 11 is 0.947. The quantitative estimate of drug-likeness (QED) is 0.665. The molecular formula is C9H7N3O5S2. The van der Waals surface area contributed by atoms with E-state index in [1.807, 2.05) is 0 Å². The number of primary sulfonamides is 1. The Labute approximate surface area is 110 Å². The Balaban J connectivity index is 2.41. The lowest BCUT2D eigenvalue weighted by Gasteiger charge is -1.95. The standard InChI is InChI=1S/C9H7N3O5S2/c10-19(16,17)4-1-2-5-6(3-4)18-9(11-5)12-7(13)8(14)15/h1-3H,(H,14,15)(H2,10,16,17)(H,11,12,13). The first-order chi connectivity index (χ1) is 8.77. The van der Waals surface area contributed by atoms with Crippen molar-refractivity contribution in [1.29, 1.82) is 0 Å². The number of aliphatic carboxylic acids is 1. The molecule has 0 aliphatic heterocycles. The van der Waals surface area contributed by atoms with Crippen LogP contribution in [0.15, 0.2) is 23.1 Å². The second kappa shape index (κ2) is 4.57. The van der Waals surface area contributed by atoms with Crippen LogP contribution >= 0.6 is 11.3 Å². The molecule has 0 saturated heterocycles. The van der Waals surface area contributed by atoms with Crippen molar-refractivity contribution in [3.8, 4) is 0 Å². The number of carboxylic acids is 1. The SMILES string of the molecule is NS(=O)(=O)c1ccc2nc(NC(=O)C(=O)O)sc2c1. The number of carbonyl (C=O) groups is 2. The summed E-state index contributed by atoms with van der Waals surface area (Å²) in [5.41, 5.74) is 0.429.